The molecule has 0 saturated carbocycles. The minimum Gasteiger partial charge on any atom is -0.497 e. The van der Waals surface area contributed by atoms with Crippen LogP contribution in [0.2, 0.25) is 0 Å². The minimum atomic E-state index is 0.801. The first-order valence-corrected chi connectivity index (χ1v) is 55.6. The molecule has 3 aromatic carbocycles. The van der Waals surface area contributed by atoms with Crippen LogP contribution in [0.4, 0.5) is 0 Å². The van der Waals surface area contributed by atoms with Crippen LogP contribution in [-0.4, -0.2) is 24.2 Å². The van der Waals surface area contributed by atoms with E-state index in [1.54, 1.807) is 19.8 Å². The van der Waals surface area contributed by atoms with E-state index in [1.165, 1.54) is 307 Å². The highest BCUT2D eigenvalue weighted by atomic mass is 32.1. The second kappa shape index (κ2) is 45.8. The monoisotopic (exact) mass is 1860 g/mol. The molecule has 646 valence electrons. The van der Waals surface area contributed by atoms with Gasteiger partial charge in [-0.1, -0.05) is 169 Å². The molecule has 13 aromatic heterocycles. The van der Waals surface area contributed by atoms with Gasteiger partial charge in [0.25, 0.3) is 0 Å². The van der Waals surface area contributed by atoms with E-state index in [0.29, 0.717) is 0 Å². The molecule has 13 heterocycles. The second-order valence-corrected chi connectivity index (χ2v) is 46.4. The molecule has 16 rings (SSSR count). The normalized spacial score (nSPS) is 11.6. The maximum atomic E-state index is 5.79. The summed E-state index contributed by atoms with van der Waals surface area (Å²) in [6, 6.07) is 68.7. The van der Waals surface area contributed by atoms with E-state index in [9.17, 15) is 0 Å². The molecule has 0 saturated heterocycles. The van der Waals surface area contributed by atoms with Gasteiger partial charge in [0.05, 0.1) is 36.6 Å². The summed E-state index contributed by atoms with van der Waals surface area (Å²) in [5, 5.41) is 0. The van der Waals surface area contributed by atoms with Crippen molar-refractivity contribution in [1.82, 2.24) is 9.97 Å². The third kappa shape index (κ3) is 23.2. The Kier molecular flexibility index (Phi) is 33.9. The molecule has 0 radical (unpaired) electrons. The highest BCUT2D eigenvalue weighted by Gasteiger charge is 2.26. The van der Waals surface area contributed by atoms with Gasteiger partial charge in [0, 0.05) is 139 Å². The summed E-state index contributed by atoms with van der Waals surface area (Å²) in [6.45, 7) is 18.3. The SMILES string of the molecule is CCCCCCc1ccc(-c2ccc(-c3ccc(-c4sc(-c5sc(-c6ccc(-c7ccc(-c8ccc(-c9cc(CCCCCC)c(C)s9)s8)c8nc(-c9ccc(OC)cc9)c(-c9ccc(OC)cc9)nc78)s6)cc5CCCCCC)cc4CCCCCC)s3)s2)s1.CCCCCCc1ccc(-c2ccc(-c3ccc(-c4sc(C)cc4CCCCCC)s3)s2)s1. The number of thiophene rings is 12. The number of unbranched alkanes of at least 4 members (excludes halogenated alkanes) is 18. The van der Waals surface area contributed by atoms with Crippen molar-refractivity contribution in [3.8, 4) is 143 Å². The summed E-state index contributed by atoms with van der Waals surface area (Å²) in [5.41, 5.74) is 13.6. The van der Waals surface area contributed by atoms with Gasteiger partial charge in [-0.2, -0.15) is 0 Å². The largest absolute Gasteiger partial charge is 0.497 e. The quantitative estimate of drug-likeness (QED) is 0.0357. The summed E-state index contributed by atoms with van der Waals surface area (Å²) >= 11 is 23.5. The standard InChI is InChI=1S/C79H84N2O2S8.C29H36S4/c1-8-12-16-20-24-54-48-71(84-51(54)5)68-42-40-62(86-68)60-37-38-61(77-76(60)80-74(52-28-32-57(82-6)33-29-52)75(81-77)53-30-34-58(83-7)35-31-53)63-41-43-69(87-63)72-49-55(25-21-17-13-9-2)79(90-72)73-50-56(26-22-18-14-10-3)78(91-73)70-47-46-67(89-70)66-45-44-65(88-66)64-39-36-59(85-64)27-23-19-15-11-4;1-4-6-8-10-12-22-20-21(3)30-29(22)28-19-18-27(33-28)26-17-16-25(32-26)24-15-14-23(31-24)13-11-9-7-5-2/h28-50H,8-27H2,1-7H3;14-20H,4-13H2,1-3H3. The predicted octanol–water partition coefficient (Wildman–Crippen LogP) is 39.1. The summed E-state index contributed by atoms with van der Waals surface area (Å²) in [7, 11) is 3.43. The maximum absolute atomic E-state index is 5.79. The molecule has 4 nitrogen and oxygen atoms in total. The predicted molar refractivity (Wildman–Crippen MR) is 561 cm³/mol. The Morgan fingerprint density at radius 3 is 0.927 bits per heavy atom. The molecule has 0 spiro atoms. The molecule has 16 heteroatoms. The van der Waals surface area contributed by atoms with Crippen LogP contribution in [0.25, 0.3) is 142 Å². The van der Waals surface area contributed by atoms with E-state index < -0.39 is 0 Å². The van der Waals surface area contributed by atoms with E-state index in [-0.39, 0.29) is 0 Å². The molecule has 0 aliphatic rings. The van der Waals surface area contributed by atoms with Crippen LogP contribution in [0.3, 0.4) is 0 Å². The van der Waals surface area contributed by atoms with Gasteiger partial charge in [-0.3, -0.25) is 0 Å². The molecular formula is C108H120N2O2S12. The Hall–Kier alpha value is -7.00. The molecule has 0 unspecified atom stereocenters. The lowest BCUT2D eigenvalue weighted by Gasteiger charge is -2.15. The van der Waals surface area contributed by atoms with Crippen molar-refractivity contribution < 1.29 is 9.47 Å². The molecule has 0 aliphatic heterocycles. The van der Waals surface area contributed by atoms with Crippen LogP contribution >= 0.6 is 136 Å². The number of nitrogens with zero attached hydrogens (tertiary/aromatic N) is 2. The number of rotatable bonds is 45. The van der Waals surface area contributed by atoms with Crippen molar-refractivity contribution >= 4 is 147 Å². The highest BCUT2D eigenvalue weighted by Crippen LogP contribution is 2.53. The molecule has 0 amide bonds. The Morgan fingerprint density at radius 2 is 0.524 bits per heavy atom. The van der Waals surface area contributed by atoms with Crippen LogP contribution in [0.5, 0.6) is 11.5 Å². The average molecular weight is 1860 g/mol. The summed E-state index contributed by atoms with van der Waals surface area (Å²) < 4.78 is 11.3. The molecule has 0 atom stereocenters. The number of hydrogen-bond acceptors (Lipinski definition) is 16. The van der Waals surface area contributed by atoms with Crippen molar-refractivity contribution in [3.63, 3.8) is 0 Å². The van der Waals surface area contributed by atoms with Gasteiger partial charge in [0.15, 0.2) is 0 Å². The summed E-state index contributed by atoms with van der Waals surface area (Å²) in [6.07, 6.45) is 37.9. The minimum absolute atomic E-state index is 0.801. The van der Waals surface area contributed by atoms with Crippen LogP contribution in [-0.2, 0) is 38.5 Å². The van der Waals surface area contributed by atoms with Gasteiger partial charge in [-0.15, -0.1) is 136 Å². The third-order valence-electron chi connectivity index (χ3n) is 23.5. The van der Waals surface area contributed by atoms with E-state index in [0.717, 1.165) is 75.4 Å². The summed E-state index contributed by atoms with van der Waals surface area (Å²) in [5.74, 6) is 1.60. The Morgan fingerprint density at radius 1 is 0.234 bits per heavy atom. The number of methoxy groups -OCH3 is 2. The van der Waals surface area contributed by atoms with Crippen molar-refractivity contribution in [3.05, 3.63) is 224 Å². The van der Waals surface area contributed by atoms with Crippen molar-refractivity contribution in [2.45, 2.75) is 248 Å². The molecule has 0 aliphatic carbocycles. The third-order valence-corrected chi connectivity index (χ3v) is 38.6. The van der Waals surface area contributed by atoms with Crippen LogP contribution in [0.1, 0.15) is 237 Å². The van der Waals surface area contributed by atoms with Gasteiger partial charge in [0.1, 0.15) is 11.5 Å². The zero-order valence-corrected chi connectivity index (χ0v) is 83.9. The number of fused-ring (bicyclic) bond motifs is 1. The highest BCUT2D eigenvalue weighted by molar-refractivity contribution is 7.31. The lowest BCUT2D eigenvalue weighted by molar-refractivity contribution is 0.414. The van der Waals surface area contributed by atoms with E-state index >= 15 is 0 Å². The topological polar surface area (TPSA) is 44.2 Å². The zero-order valence-electron chi connectivity index (χ0n) is 74.1. The number of benzene rings is 3. The average Bonchev–Trinajstić information content (AvgIpc) is 1.15. The first-order chi connectivity index (χ1) is 60.9. The fraction of sp³-hybridized carbons (Fsp3) is 0.370. The summed E-state index contributed by atoms with van der Waals surface area (Å²) in [4.78, 5) is 44.9. The van der Waals surface area contributed by atoms with E-state index in [1.807, 2.05) is 160 Å². The van der Waals surface area contributed by atoms with Gasteiger partial charge < -0.3 is 9.47 Å². The molecule has 16 aromatic rings. The second-order valence-electron chi connectivity index (χ2n) is 32.9. The first kappa shape index (κ1) is 91.7. The number of aryl methyl sites for hydroxylation is 8. The zero-order chi connectivity index (χ0) is 85.7. The van der Waals surface area contributed by atoms with Crippen molar-refractivity contribution in [2.75, 3.05) is 14.2 Å². The lowest BCUT2D eigenvalue weighted by atomic mass is 10.0. The maximum Gasteiger partial charge on any atom is 0.118 e. The Bertz CT molecular complexity index is 6010. The molecule has 124 heavy (non-hydrogen) atoms. The Labute approximate surface area is 787 Å². The van der Waals surface area contributed by atoms with Gasteiger partial charge in [0.2, 0.25) is 0 Å². The van der Waals surface area contributed by atoms with Crippen LogP contribution in [0.15, 0.2) is 182 Å². The fourth-order valence-electron chi connectivity index (χ4n) is 16.5. The van der Waals surface area contributed by atoms with Gasteiger partial charge in [-0.25, -0.2) is 9.97 Å². The molecular weight excluding hydrogens is 1740 g/mol. The molecule has 0 N–H and O–H groups in total. The van der Waals surface area contributed by atoms with Crippen molar-refractivity contribution in [2.24, 2.45) is 0 Å². The smallest absolute Gasteiger partial charge is 0.118 e. The van der Waals surface area contributed by atoms with Gasteiger partial charge >= 0.3 is 0 Å². The van der Waals surface area contributed by atoms with E-state index in [4.69, 9.17) is 19.4 Å². The van der Waals surface area contributed by atoms with Crippen LogP contribution in [0, 0.1) is 13.8 Å². The first-order valence-electron chi connectivity index (χ1n) is 45.8. The Balaban J connectivity index is 0.000000301. The van der Waals surface area contributed by atoms with Crippen molar-refractivity contribution in [1.29, 1.82) is 0 Å². The molecule has 0 bridgehead atoms. The number of aromatic nitrogens is 2. The molecule has 0 fully saturated rings. The fourth-order valence-corrected chi connectivity index (χ4v) is 30.2. The van der Waals surface area contributed by atoms with Crippen LogP contribution < -0.4 is 9.47 Å². The van der Waals surface area contributed by atoms with E-state index in [2.05, 4.69) is 213 Å². The number of ether oxygens (including phenoxy) is 2. The number of hydrogen-bond donors (Lipinski definition) is 0. The van der Waals surface area contributed by atoms with Gasteiger partial charge in [-0.05, 0) is 283 Å². The lowest BCUT2D eigenvalue weighted by Crippen LogP contribution is -1.98.